The number of benzene rings is 3. The van der Waals surface area contributed by atoms with Gasteiger partial charge in [0.1, 0.15) is 0 Å². The number of aromatic nitrogens is 2. The van der Waals surface area contributed by atoms with E-state index in [1.807, 2.05) is 51.9 Å². The van der Waals surface area contributed by atoms with Crippen LogP contribution < -0.4 is 10.6 Å². The number of carbonyl (C=O) groups is 1. The molecule has 4 aromatic rings. The molecule has 204 valence electrons. The zero-order valence-electron chi connectivity index (χ0n) is 21.3. The first-order valence-corrected chi connectivity index (χ1v) is 13.9. The van der Waals surface area contributed by atoms with Gasteiger partial charge in [0, 0.05) is 38.1 Å². The Balaban J connectivity index is 1.38. The molecule has 0 atom stereocenters. The Morgan fingerprint density at radius 2 is 1.77 bits per heavy atom. The summed E-state index contributed by atoms with van der Waals surface area (Å²) in [5.41, 5.74) is 3.86. The molecule has 0 aliphatic carbocycles. The molecule has 0 saturated carbocycles. The van der Waals surface area contributed by atoms with Gasteiger partial charge >= 0.3 is 0 Å². The zero-order valence-corrected chi connectivity index (χ0v) is 24.4. The van der Waals surface area contributed by atoms with Crippen molar-refractivity contribution >= 4 is 63.7 Å². The van der Waals surface area contributed by atoms with E-state index < -0.39 is 0 Å². The highest BCUT2D eigenvalue weighted by atomic mass is 35.5. The standard InChI is InChI=1S/C29H25Cl3N6OS/c30-24-5-1-2-7-26(24)36-29(40)37(18-22-4-3-6-25(31)28(22)32)13-12-35-27(39)14-23-16-34-19-38(23)17-21-10-8-20(15-33)9-11-21/h1-11,16,19H,12-14,17-18H2,(H,35,39)(H,36,40). The Morgan fingerprint density at radius 1 is 1.02 bits per heavy atom. The maximum atomic E-state index is 12.8. The van der Waals surface area contributed by atoms with Crippen LogP contribution in [0.1, 0.15) is 22.4 Å². The minimum Gasteiger partial charge on any atom is -0.354 e. The van der Waals surface area contributed by atoms with Crippen LogP contribution in [0.25, 0.3) is 0 Å². The van der Waals surface area contributed by atoms with Crippen LogP contribution in [0.15, 0.2) is 79.3 Å². The van der Waals surface area contributed by atoms with E-state index in [9.17, 15) is 4.79 Å². The average Bonchev–Trinajstić information content (AvgIpc) is 3.38. The van der Waals surface area contributed by atoms with Crippen LogP contribution in [-0.2, 0) is 24.3 Å². The van der Waals surface area contributed by atoms with Gasteiger partial charge in [-0.1, -0.05) is 71.2 Å². The van der Waals surface area contributed by atoms with Gasteiger partial charge in [-0.3, -0.25) is 4.79 Å². The van der Waals surface area contributed by atoms with Gasteiger partial charge in [0.15, 0.2) is 5.11 Å². The van der Waals surface area contributed by atoms with E-state index in [0.717, 1.165) is 16.8 Å². The second-order valence-corrected chi connectivity index (χ2v) is 10.5. The third kappa shape index (κ3) is 7.96. The molecule has 0 unspecified atom stereocenters. The van der Waals surface area contributed by atoms with Crippen molar-refractivity contribution in [3.63, 3.8) is 0 Å². The van der Waals surface area contributed by atoms with Gasteiger partial charge in [-0.15, -0.1) is 0 Å². The second kappa shape index (κ2) is 14.1. The fourth-order valence-electron chi connectivity index (χ4n) is 3.96. The second-order valence-electron chi connectivity index (χ2n) is 8.89. The Labute approximate surface area is 253 Å². The Hall–Kier alpha value is -3.61. The van der Waals surface area contributed by atoms with Crippen molar-refractivity contribution in [2.75, 3.05) is 18.4 Å². The van der Waals surface area contributed by atoms with Gasteiger partial charge in [0.25, 0.3) is 0 Å². The van der Waals surface area contributed by atoms with E-state index >= 15 is 0 Å². The number of thiocarbonyl (C=S) groups is 1. The van der Waals surface area contributed by atoms with Gasteiger partial charge in [-0.25, -0.2) is 4.98 Å². The van der Waals surface area contributed by atoms with Gasteiger partial charge in [0.05, 0.1) is 45.1 Å². The molecular weight excluding hydrogens is 587 g/mol. The molecule has 0 bridgehead atoms. The van der Waals surface area contributed by atoms with E-state index in [1.165, 1.54) is 0 Å². The molecule has 0 radical (unpaired) electrons. The molecule has 11 heteroatoms. The number of nitrogens with zero attached hydrogens (tertiary/aromatic N) is 4. The third-order valence-electron chi connectivity index (χ3n) is 6.08. The lowest BCUT2D eigenvalue weighted by Gasteiger charge is -2.27. The van der Waals surface area contributed by atoms with Crippen molar-refractivity contribution in [2.24, 2.45) is 0 Å². The number of carbonyl (C=O) groups excluding carboxylic acids is 1. The van der Waals surface area contributed by atoms with Gasteiger partial charge in [0.2, 0.25) is 5.91 Å². The van der Waals surface area contributed by atoms with Crippen molar-refractivity contribution in [1.82, 2.24) is 19.8 Å². The molecule has 1 heterocycles. The van der Waals surface area contributed by atoms with Gasteiger partial charge in [-0.05, 0) is 53.7 Å². The molecule has 0 aliphatic heterocycles. The molecule has 0 aliphatic rings. The highest BCUT2D eigenvalue weighted by Gasteiger charge is 2.16. The minimum atomic E-state index is -0.146. The normalized spacial score (nSPS) is 10.6. The van der Waals surface area contributed by atoms with E-state index in [1.54, 1.807) is 36.8 Å². The van der Waals surface area contributed by atoms with Crippen molar-refractivity contribution in [3.05, 3.63) is 117 Å². The quantitative estimate of drug-likeness (QED) is 0.204. The van der Waals surface area contributed by atoms with Crippen LogP contribution in [0, 0.1) is 11.3 Å². The lowest BCUT2D eigenvalue weighted by molar-refractivity contribution is -0.120. The van der Waals surface area contributed by atoms with Crippen LogP contribution in [0.3, 0.4) is 0 Å². The number of nitriles is 1. The first kappa shape index (κ1) is 29.4. The number of amides is 1. The third-order valence-corrected chi connectivity index (χ3v) is 7.62. The summed E-state index contributed by atoms with van der Waals surface area (Å²) >= 11 is 24.7. The summed E-state index contributed by atoms with van der Waals surface area (Å²) in [6, 6.07) is 22.2. The predicted molar refractivity (Wildman–Crippen MR) is 164 cm³/mol. The van der Waals surface area contributed by atoms with Gasteiger partial charge < -0.3 is 20.1 Å². The maximum absolute atomic E-state index is 12.8. The molecule has 0 spiro atoms. The number of imidazole rings is 1. The maximum Gasteiger partial charge on any atom is 0.226 e. The number of hydrogen-bond acceptors (Lipinski definition) is 4. The SMILES string of the molecule is N#Cc1ccc(Cn2cncc2CC(=O)NCCN(Cc2cccc(Cl)c2Cl)C(=S)Nc2ccccc2Cl)cc1. The lowest BCUT2D eigenvalue weighted by atomic mass is 10.1. The fraction of sp³-hybridized carbons (Fsp3) is 0.172. The average molecular weight is 612 g/mol. The number of anilines is 1. The topological polar surface area (TPSA) is 86.0 Å². The van der Waals surface area contributed by atoms with Crippen molar-refractivity contribution in [2.45, 2.75) is 19.5 Å². The Kier molecular flexibility index (Phi) is 10.4. The summed E-state index contributed by atoms with van der Waals surface area (Å²) in [4.78, 5) is 18.9. The zero-order chi connectivity index (χ0) is 28.5. The molecular formula is C29H25Cl3N6OS. The summed E-state index contributed by atoms with van der Waals surface area (Å²) in [6.45, 7) is 1.67. The number of hydrogen-bond donors (Lipinski definition) is 2. The number of para-hydroxylation sites is 1. The minimum absolute atomic E-state index is 0.146. The largest absolute Gasteiger partial charge is 0.354 e. The predicted octanol–water partition coefficient (Wildman–Crippen LogP) is 6.32. The smallest absolute Gasteiger partial charge is 0.226 e. The molecule has 0 saturated heterocycles. The highest BCUT2D eigenvalue weighted by molar-refractivity contribution is 7.80. The van der Waals surface area contributed by atoms with E-state index in [2.05, 4.69) is 21.7 Å². The molecule has 40 heavy (non-hydrogen) atoms. The van der Waals surface area contributed by atoms with Crippen molar-refractivity contribution in [1.29, 1.82) is 5.26 Å². The number of nitrogens with one attached hydrogen (secondary N) is 2. The molecule has 2 N–H and O–H groups in total. The summed E-state index contributed by atoms with van der Waals surface area (Å²) in [5, 5.41) is 17.0. The van der Waals surface area contributed by atoms with E-state index in [4.69, 9.17) is 52.3 Å². The van der Waals surface area contributed by atoms with Crippen LogP contribution in [0.4, 0.5) is 5.69 Å². The van der Waals surface area contributed by atoms with Crippen LogP contribution in [0.2, 0.25) is 15.1 Å². The Bertz CT molecular complexity index is 1530. The Morgan fingerprint density at radius 3 is 2.52 bits per heavy atom. The summed E-state index contributed by atoms with van der Waals surface area (Å²) in [5.74, 6) is -0.146. The molecule has 0 fully saturated rings. The van der Waals surface area contributed by atoms with E-state index in [-0.39, 0.29) is 12.3 Å². The summed E-state index contributed by atoms with van der Waals surface area (Å²) in [6.07, 6.45) is 3.54. The summed E-state index contributed by atoms with van der Waals surface area (Å²) in [7, 11) is 0. The highest BCUT2D eigenvalue weighted by Crippen LogP contribution is 2.27. The lowest BCUT2D eigenvalue weighted by Crippen LogP contribution is -2.40. The molecule has 1 aromatic heterocycles. The van der Waals surface area contributed by atoms with Crippen molar-refractivity contribution in [3.8, 4) is 6.07 Å². The van der Waals surface area contributed by atoms with Crippen LogP contribution in [0.5, 0.6) is 0 Å². The van der Waals surface area contributed by atoms with E-state index in [0.29, 0.717) is 57.6 Å². The molecule has 4 rings (SSSR count). The molecule has 3 aromatic carbocycles. The van der Waals surface area contributed by atoms with Crippen LogP contribution in [-0.4, -0.2) is 38.6 Å². The monoisotopic (exact) mass is 610 g/mol. The first-order valence-electron chi connectivity index (χ1n) is 12.3. The van der Waals surface area contributed by atoms with Gasteiger partial charge in [-0.2, -0.15) is 5.26 Å². The molecule has 1 amide bonds. The number of rotatable bonds is 10. The van der Waals surface area contributed by atoms with Crippen molar-refractivity contribution < 1.29 is 4.79 Å². The van der Waals surface area contributed by atoms with Crippen LogP contribution >= 0.6 is 47.0 Å². The number of halogens is 3. The molecule has 7 nitrogen and oxygen atoms in total. The first-order chi connectivity index (χ1) is 19.3. The fourth-order valence-corrected chi connectivity index (χ4v) is 4.79. The summed E-state index contributed by atoms with van der Waals surface area (Å²) < 4.78 is 1.91.